The van der Waals surface area contributed by atoms with Gasteiger partial charge in [0.05, 0.1) is 23.2 Å². The number of H-pyrrole nitrogens is 1. The minimum absolute atomic E-state index is 0.189. The first-order valence-corrected chi connectivity index (χ1v) is 11.1. The Hall–Kier alpha value is -4.15. The van der Waals surface area contributed by atoms with Crippen molar-refractivity contribution in [3.8, 4) is 23.4 Å². The molecule has 38 heavy (non-hydrogen) atoms. The third kappa shape index (κ3) is 6.21. The molecule has 0 aliphatic rings. The van der Waals surface area contributed by atoms with Crippen LogP contribution in [0.25, 0.3) is 5.69 Å². The topological polar surface area (TPSA) is 171 Å². The van der Waals surface area contributed by atoms with Crippen LogP contribution in [-0.2, 0) is 9.47 Å². The summed E-state index contributed by atoms with van der Waals surface area (Å²) in [5, 5.41) is 15.6. The largest absolute Gasteiger partial charge is 0.510 e. The van der Waals surface area contributed by atoms with Gasteiger partial charge in [0.1, 0.15) is 6.07 Å². The Labute approximate surface area is 236 Å². The van der Waals surface area contributed by atoms with Gasteiger partial charge in [-0.15, -0.1) is 10.2 Å². The van der Waals surface area contributed by atoms with Crippen LogP contribution in [0.2, 0.25) is 10.0 Å². The molecule has 0 aliphatic carbocycles. The number of aromatic amines is 1. The first-order valence-electron chi connectivity index (χ1n) is 14.4. The fourth-order valence-corrected chi connectivity index (χ4v) is 3.38. The minimum Gasteiger partial charge on any atom is -0.434 e. The van der Waals surface area contributed by atoms with Gasteiger partial charge in [0, 0.05) is 21.2 Å². The fourth-order valence-electron chi connectivity index (χ4n) is 2.83. The summed E-state index contributed by atoms with van der Waals surface area (Å²) in [6.45, 7) is -3.42. The van der Waals surface area contributed by atoms with E-state index in [9.17, 15) is 19.2 Å². The molecule has 0 amide bonds. The number of hydrogen-bond acceptors (Lipinski definition) is 10. The molecule has 1 atom stereocenters. The fraction of sp³-hybridized carbons (Fsp3) is 0.348. The molecule has 0 aliphatic heterocycles. The lowest BCUT2D eigenvalue weighted by Gasteiger charge is -2.19. The van der Waals surface area contributed by atoms with E-state index in [1.165, 1.54) is 19.9 Å². The maximum atomic E-state index is 13.6. The molecule has 0 radical (unpaired) electrons. The number of ether oxygens (including phenoxy) is 3. The van der Waals surface area contributed by atoms with Gasteiger partial charge in [-0.3, -0.25) is 14.6 Å². The van der Waals surface area contributed by atoms with Gasteiger partial charge in [-0.1, -0.05) is 36.9 Å². The van der Waals surface area contributed by atoms with Crippen LogP contribution in [0.1, 0.15) is 68.8 Å². The van der Waals surface area contributed by atoms with Crippen LogP contribution in [0.15, 0.2) is 32.6 Å². The monoisotopic (exact) mass is 572 g/mol. The summed E-state index contributed by atoms with van der Waals surface area (Å²) in [7, 11) is 0. The maximum absolute atomic E-state index is 13.6. The third-order valence-corrected chi connectivity index (χ3v) is 4.97. The van der Waals surface area contributed by atoms with E-state index in [1.807, 2.05) is 4.98 Å². The van der Waals surface area contributed by atoms with Crippen LogP contribution < -0.4 is 21.5 Å². The number of carbonyl (C=O) groups excluding carboxylic acids is 1. The molecule has 2 aromatic heterocycles. The van der Waals surface area contributed by atoms with E-state index in [4.69, 9.17) is 53.6 Å². The molecule has 1 aromatic carbocycles. The second-order valence-electron chi connectivity index (χ2n) is 7.54. The van der Waals surface area contributed by atoms with Crippen molar-refractivity contribution < 1.29 is 30.0 Å². The molecule has 200 valence electrons. The van der Waals surface area contributed by atoms with E-state index < -0.39 is 93.9 Å². The molecule has 2 heterocycles. The number of nitrogens with zero attached hydrogens (tertiary/aromatic N) is 5. The summed E-state index contributed by atoms with van der Waals surface area (Å²) in [5.41, 5.74) is -6.01. The zero-order valence-electron chi connectivity index (χ0n) is 27.7. The van der Waals surface area contributed by atoms with Gasteiger partial charge in [0.25, 0.3) is 11.1 Å². The van der Waals surface area contributed by atoms with Crippen molar-refractivity contribution in [1.82, 2.24) is 24.5 Å². The zero-order chi connectivity index (χ0) is 35.1. The number of rotatable bonds is 7. The summed E-state index contributed by atoms with van der Waals surface area (Å²) in [6.07, 6.45) is -3.70. The predicted molar refractivity (Wildman–Crippen MR) is 135 cm³/mol. The molecule has 1 unspecified atom stereocenters. The number of halogens is 2. The first kappa shape index (κ1) is 19.0. The molecular weight excluding hydrogens is 543 g/mol. The van der Waals surface area contributed by atoms with Crippen molar-refractivity contribution in [3.05, 3.63) is 70.7 Å². The van der Waals surface area contributed by atoms with E-state index in [1.54, 1.807) is 0 Å². The highest BCUT2D eigenvalue weighted by atomic mass is 35.5. The average Bonchev–Trinajstić information content (AvgIpc) is 2.89. The average molecular weight is 573 g/mol. The van der Waals surface area contributed by atoms with Gasteiger partial charge in [0.15, 0.2) is 12.0 Å². The Bertz CT molecular complexity index is 1880. The summed E-state index contributed by atoms with van der Waals surface area (Å²) < 4.78 is 80.4. The number of carbonyl (C=O) groups is 1. The molecule has 0 spiro atoms. The summed E-state index contributed by atoms with van der Waals surface area (Å²) >= 11 is 12.6. The van der Waals surface area contributed by atoms with Crippen LogP contribution >= 0.6 is 23.2 Å². The molecule has 3 rings (SSSR count). The Morgan fingerprint density at radius 3 is 2.42 bits per heavy atom. The molecule has 3 aromatic rings. The lowest BCUT2D eigenvalue weighted by Crippen LogP contribution is -2.33. The van der Waals surface area contributed by atoms with Crippen molar-refractivity contribution in [3.63, 3.8) is 0 Å². The standard InChI is InChI=1S/C23H22Cl2N6O7/c1-10(2)14-8-18(29-30(21(14)33)12(5)37-23(35)36-11(3)4)38-19-15(24)6-13(7-16(19)25)31-22(34)27-20(32)17(9-26)28-31/h6-8,10-12H,1-5H3,(H,27,32,34)/i1D3,2D3,8D,10D. The highest BCUT2D eigenvalue weighted by molar-refractivity contribution is 6.37. The molecule has 1 N–H and O–H groups in total. The second-order valence-corrected chi connectivity index (χ2v) is 8.35. The highest BCUT2D eigenvalue weighted by Crippen LogP contribution is 2.37. The molecule has 0 bridgehead atoms. The Morgan fingerprint density at radius 1 is 1.18 bits per heavy atom. The van der Waals surface area contributed by atoms with Crippen molar-refractivity contribution in [1.29, 1.82) is 5.26 Å². The van der Waals surface area contributed by atoms with Gasteiger partial charge >= 0.3 is 11.8 Å². The van der Waals surface area contributed by atoms with Gasteiger partial charge in [-0.05, 0) is 38.8 Å². The minimum atomic E-state index is -3.74. The summed E-state index contributed by atoms with van der Waals surface area (Å²) in [5.74, 6) is -5.27. The van der Waals surface area contributed by atoms with Crippen LogP contribution in [0.3, 0.4) is 0 Å². The second kappa shape index (κ2) is 11.5. The van der Waals surface area contributed by atoms with E-state index in [0.29, 0.717) is 4.68 Å². The summed E-state index contributed by atoms with van der Waals surface area (Å²) in [6, 6.07) is 2.27. The highest BCUT2D eigenvalue weighted by Gasteiger charge is 2.22. The van der Waals surface area contributed by atoms with Crippen LogP contribution in [0.4, 0.5) is 4.79 Å². The van der Waals surface area contributed by atoms with E-state index >= 15 is 0 Å². The molecular formula is C23H22Cl2N6O7. The smallest absolute Gasteiger partial charge is 0.434 e. The Balaban J connectivity index is 2.30. The lowest BCUT2D eigenvalue weighted by molar-refractivity contribution is -0.0164. The number of benzene rings is 1. The van der Waals surface area contributed by atoms with Gasteiger partial charge < -0.3 is 14.2 Å². The van der Waals surface area contributed by atoms with Crippen molar-refractivity contribution >= 4 is 29.4 Å². The predicted octanol–water partition coefficient (Wildman–Crippen LogP) is 3.65. The molecule has 13 nitrogen and oxygen atoms in total. The van der Waals surface area contributed by atoms with Crippen molar-refractivity contribution in [2.75, 3.05) is 0 Å². The molecule has 0 saturated carbocycles. The van der Waals surface area contributed by atoms with Gasteiger partial charge in [-0.2, -0.15) is 14.6 Å². The van der Waals surface area contributed by atoms with Crippen LogP contribution in [0, 0.1) is 11.3 Å². The van der Waals surface area contributed by atoms with Crippen LogP contribution in [0.5, 0.6) is 11.6 Å². The first-order chi connectivity index (χ1) is 21.0. The van der Waals surface area contributed by atoms with E-state index in [2.05, 4.69) is 10.2 Å². The quantitative estimate of drug-likeness (QED) is 0.411. The molecule has 0 fully saturated rings. The third-order valence-electron chi connectivity index (χ3n) is 4.41. The molecule has 15 heteroatoms. The van der Waals surface area contributed by atoms with E-state index in [-0.39, 0.29) is 10.4 Å². The maximum Gasteiger partial charge on any atom is 0.510 e. The SMILES string of the molecule is [2H]c1c(Oc2c(Cl)cc(-n3nc(C#N)c(=O)[nH]c3=O)cc2Cl)nn(C(C)OC(=O)OC(C)C)c(=O)c1C([2H])(C([2H])([2H])[2H])C([2H])([2H])[2H]. The van der Waals surface area contributed by atoms with Crippen molar-refractivity contribution in [2.24, 2.45) is 0 Å². The number of nitriles is 1. The van der Waals surface area contributed by atoms with Gasteiger partial charge in [0.2, 0.25) is 11.6 Å². The number of aromatic nitrogens is 5. The van der Waals surface area contributed by atoms with Crippen LogP contribution in [-0.4, -0.2) is 36.8 Å². The van der Waals surface area contributed by atoms with Gasteiger partial charge in [-0.25, -0.2) is 9.59 Å². The normalized spacial score (nSPS) is 15.8. The number of hydrogen-bond donors (Lipinski definition) is 1. The van der Waals surface area contributed by atoms with Crippen molar-refractivity contribution in [2.45, 2.75) is 52.7 Å². The number of nitrogens with one attached hydrogen (secondary N) is 1. The lowest BCUT2D eigenvalue weighted by atomic mass is 10.1. The van der Waals surface area contributed by atoms with E-state index in [0.717, 1.165) is 19.1 Å². The zero-order valence-corrected chi connectivity index (χ0v) is 21.2. The molecule has 0 saturated heterocycles. The Morgan fingerprint density at radius 2 is 1.84 bits per heavy atom. The summed E-state index contributed by atoms with van der Waals surface area (Å²) in [4.78, 5) is 51.6. The Kier molecular flexibility index (Phi) is 5.74.